The molecule has 3 heteroatoms. The van der Waals surface area contributed by atoms with E-state index in [1.807, 2.05) is 68.4 Å². The fourth-order valence-electron chi connectivity index (χ4n) is 2.49. The van der Waals surface area contributed by atoms with Gasteiger partial charge in [0, 0.05) is 30.9 Å². The van der Waals surface area contributed by atoms with Gasteiger partial charge in [-0.15, -0.1) is 0 Å². The van der Waals surface area contributed by atoms with Gasteiger partial charge in [-0.1, -0.05) is 29.8 Å². The zero-order valence-corrected chi connectivity index (χ0v) is 12.5. The zero-order valence-electron chi connectivity index (χ0n) is 12.5. The molecule has 0 saturated carbocycles. The van der Waals surface area contributed by atoms with E-state index in [9.17, 15) is 4.79 Å². The highest BCUT2D eigenvalue weighted by atomic mass is 16.1. The van der Waals surface area contributed by atoms with Gasteiger partial charge in [-0.05, 0) is 42.1 Å². The van der Waals surface area contributed by atoms with E-state index in [4.69, 9.17) is 0 Å². The van der Waals surface area contributed by atoms with Crippen molar-refractivity contribution in [2.24, 2.45) is 0 Å². The van der Waals surface area contributed by atoms with Crippen LogP contribution in [0, 0.1) is 6.92 Å². The van der Waals surface area contributed by atoms with Gasteiger partial charge in [0.15, 0.2) is 0 Å². The second-order valence-corrected chi connectivity index (χ2v) is 5.55. The lowest BCUT2D eigenvalue weighted by Gasteiger charge is -2.13. The molecule has 0 fully saturated rings. The molecule has 0 unspecified atom stereocenters. The Hall–Kier alpha value is -2.55. The summed E-state index contributed by atoms with van der Waals surface area (Å²) >= 11 is 0. The van der Waals surface area contributed by atoms with E-state index < -0.39 is 0 Å². The van der Waals surface area contributed by atoms with Gasteiger partial charge < -0.3 is 9.88 Å². The van der Waals surface area contributed by atoms with Crippen molar-refractivity contribution in [3.05, 3.63) is 64.4 Å². The number of pyridine rings is 1. The van der Waals surface area contributed by atoms with E-state index >= 15 is 0 Å². The van der Waals surface area contributed by atoms with Crippen molar-refractivity contribution in [1.82, 2.24) is 4.98 Å². The van der Waals surface area contributed by atoms with Crippen molar-refractivity contribution < 1.29 is 0 Å². The molecule has 0 atom stereocenters. The largest absolute Gasteiger partial charge is 0.378 e. The third kappa shape index (κ3) is 2.55. The number of aryl methyl sites for hydroxylation is 1. The Kier molecular flexibility index (Phi) is 3.26. The molecule has 1 aromatic heterocycles. The first kappa shape index (κ1) is 13.4. The van der Waals surface area contributed by atoms with Gasteiger partial charge in [0.1, 0.15) is 0 Å². The summed E-state index contributed by atoms with van der Waals surface area (Å²) in [5.74, 6) is 0. The summed E-state index contributed by atoms with van der Waals surface area (Å²) in [6.45, 7) is 2.05. The standard InChI is InChI=1S/C18H18N2O/c1-12-5-4-6-14(9-12)17-10-13-7-8-15(20(2)3)11-16(13)18(21)19-17/h4-11H,1-3H3,(H,19,21). The number of aromatic amines is 1. The summed E-state index contributed by atoms with van der Waals surface area (Å²) in [4.78, 5) is 17.3. The van der Waals surface area contributed by atoms with Crippen LogP contribution in [0.15, 0.2) is 53.3 Å². The SMILES string of the molecule is Cc1cccc(-c2cc3ccc(N(C)C)cc3c(=O)[nH]2)c1. The Morgan fingerprint density at radius 1 is 1.00 bits per heavy atom. The molecule has 3 aromatic rings. The predicted octanol–water partition coefficient (Wildman–Crippen LogP) is 3.57. The Morgan fingerprint density at radius 2 is 1.81 bits per heavy atom. The van der Waals surface area contributed by atoms with Crippen LogP contribution >= 0.6 is 0 Å². The number of H-pyrrole nitrogens is 1. The number of benzene rings is 2. The second-order valence-electron chi connectivity index (χ2n) is 5.55. The normalized spacial score (nSPS) is 10.8. The van der Waals surface area contributed by atoms with Crippen LogP contribution < -0.4 is 10.5 Å². The van der Waals surface area contributed by atoms with Crippen LogP contribution in [0.3, 0.4) is 0 Å². The van der Waals surface area contributed by atoms with Crippen molar-refractivity contribution in [1.29, 1.82) is 0 Å². The minimum atomic E-state index is -0.0484. The van der Waals surface area contributed by atoms with Crippen LogP contribution in [0.5, 0.6) is 0 Å². The smallest absolute Gasteiger partial charge is 0.256 e. The lowest BCUT2D eigenvalue weighted by atomic mass is 10.0. The van der Waals surface area contributed by atoms with Crippen molar-refractivity contribution in [3.63, 3.8) is 0 Å². The maximum Gasteiger partial charge on any atom is 0.256 e. The average Bonchev–Trinajstić information content (AvgIpc) is 2.46. The molecule has 0 aliphatic rings. The molecule has 0 radical (unpaired) electrons. The molecule has 21 heavy (non-hydrogen) atoms. The van der Waals surface area contributed by atoms with Gasteiger partial charge >= 0.3 is 0 Å². The predicted molar refractivity (Wildman–Crippen MR) is 89.1 cm³/mol. The molecule has 0 amide bonds. The number of fused-ring (bicyclic) bond motifs is 1. The molecule has 0 saturated heterocycles. The lowest BCUT2D eigenvalue weighted by molar-refractivity contribution is 1.13. The maximum atomic E-state index is 12.4. The molecule has 0 aliphatic heterocycles. The highest BCUT2D eigenvalue weighted by molar-refractivity contribution is 5.87. The molecule has 0 aliphatic carbocycles. The number of anilines is 1. The quantitative estimate of drug-likeness (QED) is 0.778. The first-order chi connectivity index (χ1) is 10.0. The summed E-state index contributed by atoms with van der Waals surface area (Å²) in [7, 11) is 3.94. The van der Waals surface area contributed by atoms with Crippen LogP contribution in [-0.4, -0.2) is 19.1 Å². The van der Waals surface area contributed by atoms with E-state index in [2.05, 4.69) is 11.1 Å². The zero-order chi connectivity index (χ0) is 15.0. The summed E-state index contributed by atoms with van der Waals surface area (Å²) in [6.07, 6.45) is 0. The average molecular weight is 278 g/mol. The minimum Gasteiger partial charge on any atom is -0.378 e. The van der Waals surface area contributed by atoms with Gasteiger partial charge in [0.25, 0.3) is 5.56 Å². The molecule has 3 nitrogen and oxygen atoms in total. The van der Waals surface area contributed by atoms with Gasteiger partial charge in [0.05, 0.1) is 0 Å². The van der Waals surface area contributed by atoms with E-state index in [1.165, 1.54) is 5.56 Å². The van der Waals surface area contributed by atoms with Gasteiger partial charge in [0.2, 0.25) is 0 Å². The molecule has 1 N–H and O–H groups in total. The lowest BCUT2D eigenvalue weighted by Crippen LogP contribution is -2.11. The van der Waals surface area contributed by atoms with Crippen molar-refractivity contribution in [2.45, 2.75) is 6.92 Å². The van der Waals surface area contributed by atoms with E-state index in [1.54, 1.807) is 0 Å². The number of rotatable bonds is 2. The Morgan fingerprint density at radius 3 is 2.52 bits per heavy atom. The molecular formula is C18H18N2O. The molecule has 0 spiro atoms. The summed E-state index contributed by atoms with van der Waals surface area (Å²) in [6, 6.07) is 16.1. The van der Waals surface area contributed by atoms with Gasteiger partial charge in [-0.3, -0.25) is 4.79 Å². The van der Waals surface area contributed by atoms with E-state index in [-0.39, 0.29) is 5.56 Å². The molecule has 0 bridgehead atoms. The molecule has 2 aromatic carbocycles. The van der Waals surface area contributed by atoms with Crippen LogP contribution in [0.1, 0.15) is 5.56 Å². The molecule has 3 rings (SSSR count). The first-order valence-corrected chi connectivity index (χ1v) is 6.96. The third-order valence-electron chi connectivity index (χ3n) is 3.68. The number of hydrogen-bond acceptors (Lipinski definition) is 2. The fraction of sp³-hybridized carbons (Fsp3) is 0.167. The van der Waals surface area contributed by atoms with Crippen LogP contribution in [0.2, 0.25) is 0 Å². The summed E-state index contributed by atoms with van der Waals surface area (Å²) in [5, 5.41) is 1.68. The minimum absolute atomic E-state index is 0.0484. The van der Waals surface area contributed by atoms with Crippen LogP contribution in [0.4, 0.5) is 5.69 Å². The number of nitrogens with zero attached hydrogens (tertiary/aromatic N) is 1. The van der Waals surface area contributed by atoms with Crippen molar-refractivity contribution >= 4 is 16.5 Å². The van der Waals surface area contributed by atoms with Crippen molar-refractivity contribution in [3.8, 4) is 11.3 Å². The number of aromatic nitrogens is 1. The number of hydrogen-bond donors (Lipinski definition) is 1. The maximum absolute atomic E-state index is 12.4. The third-order valence-corrected chi connectivity index (χ3v) is 3.68. The molecular weight excluding hydrogens is 260 g/mol. The van der Waals surface area contributed by atoms with E-state index in [0.717, 1.165) is 27.7 Å². The topological polar surface area (TPSA) is 36.1 Å². The molecule has 1 heterocycles. The van der Waals surface area contributed by atoms with Crippen molar-refractivity contribution in [2.75, 3.05) is 19.0 Å². The van der Waals surface area contributed by atoms with Gasteiger partial charge in [-0.25, -0.2) is 0 Å². The van der Waals surface area contributed by atoms with Crippen LogP contribution in [0.25, 0.3) is 22.0 Å². The Bertz CT molecular complexity index is 862. The Balaban J connectivity index is 2.20. The number of nitrogens with one attached hydrogen (secondary N) is 1. The Labute approximate surface area is 123 Å². The van der Waals surface area contributed by atoms with Crippen LogP contribution in [-0.2, 0) is 0 Å². The molecule has 106 valence electrons. The summed E-state index contributed by atoms with van der Waals surface area (Å²) < 4.78 is 0. The van der Waals surface area contributed by atoms with Gasteiger partial charge in [-0.2, -0.15) is 0 Å². The highest BCUT2D eigenvalue weighted by Crippen LogP contribution is 2.23. The monoisotopic (exact) mass is 278 g/mol. The highest BCUT2D eigenvalue weighted by Gasteiger charge is 2.06. The summed E-state index contributed by atoms with van der Waals surface area (Å²) in [5.41, 5.74) is 4.04. The fourth-order valence-corrected chi connectivity index (χ4v) is 2.49. The van der Waals surface area contributed by atoms with E-state index in [0.29, 0.717) is 0 Å². The first-order valence-electron chi connectivity index (χ1n) is 6.96. The second kappa shape index (κ2) is 5.09.